The van der Waals surface area contributed by atoms with Gasteiger partial charge in [-0.05, 0) is 36.6 Å². The highest BCUT2D eigenvalue weighted by atomic mass is 16.6. The van der Waals surface area contributed by atoms with Crippen LogP contribution in [-0.2, 0) is 6.42 Å². The first-order valence-electron chi connectivity index (χ1n) is 9.01. The highest BCUT2D eigenvalue weighted by molar-refractivity contribution is 5.43. The Kier molecular flexibility index (Phi) is 6.03. The van der Waals surface area contributed by atoms with Crippen molar-refractivity contribution in [3.63, 3.8) is 0 Å². The van der Waals surface area contributed by atoms with Crippen LogP contribution in [0, 0.1) is 10.1 Å². The smallest absolute Gasteiger partial charge is 0.269 e. The number of nitrogens with zero attached hydrogens (tertiary/aromatic N) is 4. The second-order valence-electron chi connectivity index (χ2n) is 6.47. The Hall–Kier alpha value is -3.95. The summed E-state index contributed by atoms with van der Waals surface area (Å²) in [4.78, 5) is 22.9. The fourth-order valence-corrected chi connectivity index (χ4v) is 2.70. The first kappa shape index (κ1) is 19.8. The SMILES string of the molecule is C[C@H](Nc1nc(N)nc(NCCc2ccc(N)cc2)n1)c1ccc([N+](=O)[O-])cc1. The average molecular weight is 394 g/mol. The van der Waals surface area contributed by atoms with Gasteiger partial charge in [-0.25, -0.2) is 0 Å². The Morgan fingerprint density at radius 2 is 1.66 bits per heavy atom. The lowest BCUT2D eigenvalue weighted by Gasteiger charge is -2.15. The number of non-ortho nitro benzene ring substituents is 1. The number of nitro benzene ring substituents is 1. The van der Waals surface area contributed by atoms with Crippen LogP contribution in [0.4, 0.5) is 29.2 Å². The second-order valence-corrected chi connectivity index (χ2v) is 6.47. The van der Waals surface area contributed by atoms with Crippen molar-refractivity contribution in [2.45, 2.75) is 19.4 Å². The van der Waals surface area contributed by atoms with Crippen molar-refractivity contribution in [1.82, 2.24) is 15.0 Å². The molecule has 0 bridgehead atoms. The van der Waals surface area contributed by atoms with Crippen LogP contribution in [0.2, 0.25) is 0 Å². The van der Waals surface area contributed by atoms with Gasteiger partial charge in [0.05, 0.1) is 11.0 Å². The predicted octanol–water partition coefficient (Wildman–Crippen LogP) is 2.77. The molecule has 0 aliphatic rings. The number of nitrogens with one attached hydrogen (secondary N) is 2. The van der Waals surface area contributed by atoms with E-state index in [9.17, 15) is 10.1 Å². The second kappa shape index (κ2) is 8.83. The third kappa shape index (κ3) is 5.51. The van der Waals surface area contributed by atoms with Gasteiger partial charge in [0.1, 0.15) is 0 Å². The summed E-state index contributed by atoms with van der Waals surface area (Å²) >= 11 is 0. The van der Waals surface area contributed by atoms with E-state index in [0.29, 0.717) is 18.4 Å². The Morgan fingerprint density at radius 3 is 2.31 bits per heavy atom. The topological polar surface area (TPSA) is 158 Å². The van der Waals surface area contributed by atoms with Crippen molar-refractivity contribution in [1.29, 1.82) is 0 Å². The molecule has 1 atom stereocenters. The van der Waals surface area contributed by atoms with Crippen LogP contribution >= 0.6 is 0 Å². The molecule has 29 heavy (non-hydrogen) atoms. The Bertz CT molecular complexity index is 977. The van der Waals surface area contributed by atoms with Crippen LogP contribution in [0.15, 0.2) is 48.5 Å². The molecule has 0 aliphatic heterocycles. The number of aromatic nitrogens is 3. The van der Waals surface area contributed by atoms with Gasteiger partial charge in [0.25, 0.3) is 5.69 Å². The third-order valence-corrected chi connectivity index (χ3v) is 4.28. The normalized spacial score (nSPS) is 11.6. The number of nitrogen functional groups attached to an aromatic ring is 2. The summed E-state index contributed by atoms with van der Waals surface area (Å²) < 4.78 is 0. The number of hydrogen-bond acceptors (Lipinski definition) is 9. The zero-order valence-corrected chi connectivity index (χ0v) is 15.9. The quantitative estimate of drug-likeness (QED) is 0.256. The van der Waals surface area contributed by atoms with Gasteiger partial charge in [0.2, 0.25) is 17.8 Å². The summed E-state index contributed by atoms with van der Waals surface area (Å²) in [5.41, 5.74) is 14.2. The zero-order valence-electron chi connectivity index (χ0n) is 15.9. The van der Waals surface area contributed by atoms with E-state index in [-0.39, 0.29) is 17.7 Å². The minimum atomic E-state index is -0.434. The molecule has 10 heteroatoms. The third-order valence-electron chi connectivity index (χ3n) is 4.28. The standard InChI is InChI=1S/C19H22N8O2/c1-12(14-4-8-16(9-5-14)27(28)29)23-19-25-17(21)24-18(26-19)22-11-10-13-2-6-15(20)7-3-13/h2-9,12H,10-11,20H2,1H3,(H4,21,22,23,24,25,26)/t12-/m0/s1. The van der Waals surface area contributed by atoms with Crippen molar-refractivity contribution in [3.05, 3.63) is 69.8 Å². The molecule has 1 heterocycles. The molecule has 6 N–H and O–H groups in total. The number of hydrogen-bond donors (Lipinski definition) is 4. The maximum Gasteiger partial charge on any atom is 0.269 e. The Morgan fingerprint density at radius 1 is 1.00 bits per heavy atom. The number of nitro groups is 1. The van der Waals surface area contributed by atoms with Gasteiger partial charge in [0, 0.05) is 24.4 Å². The monoisotopic (exact) mass is 394 g/mol. The van der Waals surface area contributed by atoms with E-state index in [4.69, 9.17) is 11.5 Å². The van der Waals surface area contributed by atoms with Crippen molar-refractivity contribution in [2.24, 2.45) is 0 Å². The molecule has 0 aliphatic carbocycles. The number of benzene rings is 2. The van der Waals surface area contributed by atoms with Crippen molar-refractivity contribution >= 4 is 29.2 Å². The van der Waals surface area contributed by atoms with Crippen LogP contribution in [-0.4, -0.2) is 26.4 Å². The molecule has 3 rings (SSSR count). The minimum absolute atomic E-state index is 0.0398. The number of anilines is 4. The van der Waals surface area contributed by atoms with Crippen molar-refractivity contribution < 1.29 is 4.92 Å². The maximum absolute atomic E-state index is 10.8. The predicted molar refractivity (Wildman–Crippen MR) is 112 cm³/mol. The van der Waals surface area contributed by atoms with Gasteiger partial charge in [-0.2, -0.15) is 15.0 Å². The fourth-order valence-electron chi connectivity index (χ4n) is 2.70. The summed E-state index contributed by atoms with van der Waals surface area (Å²) in [6.07, 6.45) is 0.772. The van der Waals surface area contributed by atoms with Gasteiger partial charge in [0.15, 0.2) is 0 Å². The summed E-state index contributed by atoms with van der Waals surface area (Å²) in [5, 5.41) is 17.0. The molecule has 10 nitrogen and oxygen atoms in total. The molecule has 0 unspecified atom stereocenters. The highest BCUT2D eigenvalue weighted by Crippen LogP contribution is 2.21. The minimum Gasteiger partial charge on any atom is -0.399 e. The van der Waals surface area contributed by atoms with E-state index < -0.39 is 4.92 Å². The van der Waals surface area contributed by atoms with E-state index >= 15 is 0 Å². The van der Waals surface area contributed by atoms with Crippen molar-refractivity contribution in [2.75, 3.05) is 28.6 Å². The lowest BCUT2D eigenvalue weighted by Crippen LogP contribution is -2.14. The molecule has 0 saturated heterocycles. The van der Waals surface area contributed by atoms with Crippen LogP contribution in [0.3, 0.4) is 0 Å². The molecule has 0 radical (unpaired) electrons. The highest BCUT2D eigenvalue weighted by Gasteiger charge is 2.12. The first-order chi connectivity index (χ1) is 13.9. The Labute approximate surface area is 167 Å². The van der Waals surface area contributed by atoms with Crippen molar-refractivity contribution in [3.8, 4) is 0 Å². The van der Waals surface area contributed by atoms with Crippen LogP contribution < -0.4 is 22.1 Å². The molecule has 150 valence electrons. The number of rotatable bonds is 8. The van der Waals surface area contributed by atoms with E-state index in [1.807, 2.05) is 31.2 Å². The lowest BCUT2D eigenvalue weighted by molar-refractivity contribution is -0.384. The maximum atomic E-state index is 10.8. The van der Waals surface area contributed by atoms with E-state index in [2.05, 4.69) is 25.6 Å². The van der Waals surface area contributed by atoms with Gasteiger partial charge in [-0.15, -0.1) is 0 Å². The average Bonchev–Trinajstić information content (AvgIpc) is 2.69. The van der Waals surface area contributed by atoms with Crippen LogP contribution in [0.25, 0.3) is 0 Å². The van der Waals surface area contributed by atoms with Gasteiger partial charge in [-0.3, -0.25) is 10.1 Å². The van der Waals surface area contributed by atoms with E-state index in [1.165, 1.54) is 12.1 Å². The summed E-state index contributed by atoms with van der Waals surface area (Å²) in [6.45, 7) is 2.51. The van der Waals surface area contributed by atoms with Gasteiger partial charge in [-0.1, -0.05) is 24.3 Å². The molecular weight excluding hydrogens is 372 g/mol. The molecule has 0 fully saturated rings. The molecule has 0 spiro atoms. The summed E-state index contributed by atoms with van der Waals surface area (Å²) in [5.74, 6) is 0.776. The lowest BCUT2D eigenvalue weighted by atomic mass is 10.1. The zero-order chi connectivity index (χ0) is 20.8. The molecule has 3 aromatic rings. The summed E-state index contributed by atoms with van der Waals surface area (Å²) in [7, 11) is 0. The number of nitrogens with two attached hydrogens (primary N) is 2. The Balaban J connectivity index is 1.61. The molecular formula is C19H22N8O2. The molecule has 2 aromatic carbocycles. The fraction of sp³-hybridized carbons (Fsp3) is 0.211. The first-order valence-corrected chi connectivity index (χ1v) is 9.01. The van der Waals surface area contributed by atoms with Crippen LogP contribution in [0.5, 0.6) is 0 Å². The van der Waals surface area contributed by atoms with E-state index in [1.54, 1.807) is 12.1 Å². The largest absolute Gasteiger partial charge is 0.399 e. The van der Waals surface area contributed by atoms with Crippen LogP contribution in [0.1, 0.15) is 24.1 Å². The van der Waals surface area contributed by atoms with Gasteiger partial charge >= 0.3 is 0 Å². The van der Waals surface area contributed by atoms with E-state index in [0.717, 1.165) is 23.2 Å². The molecule has 0 saturated carbocycles. The summed E-state index contributed by atoms with van der Waals surface area (Å²) in [6, 6.07) is 13.8. The van der Waals surface area contributed by atoms with Gasteiger partial charge < -0.3 is 22.1 Å². The molecule has 0 amide bonds. The molecule has 1 aromatic heterocycles.